The summed E-state index contributed by atoms with van der Waals surface area (Å²) in [5, 5.41) is 1.65. The minimum atomic E-state index is -1.06. The molecule has 44 valence electrons. The lowest BCUT2D eigenvalue weighted by Crippen LogP contribution is -1.84. The van der Waals surface area contributed by atoms with E-state index in [1.54, 1.807) is 5.41 Å². The van der Waals surface area contributed by atoms with Crippen molar-refractivity contribution in [3.8, 4) is 0 Å². The maximum absolute atomic E-state index is 10.5. The maximum atomic E-state index is 10.5. The SMILES string of the molecule is CC1=CS(=O)N=C1C. The van der Waals surface area contributed by atoms with Crippen molar-refractivity contribution in [2.75, 3.05) is 0 Å². The molecule has 0 saturated heterocycles. The summed E-state index contributed by atoms with van der Waals surface area (Å²) < 4.78 is 14.3. The molecule has 0 aromatic heterocycles. The molecule has 0 spiro atoms. The molecule has 0 N–H and O–H groups in total. The van der Waals surface area contributed by atoms with Gasteiger partial charge >= 0.3 is 0 Å². The molecule has 8 heavy (non-hydrogen) atoms. The molecule has 1 atom stereocenters. The van der Waals surface area contributed by atoms with Crippen molar-refractivity contribution < 1.29 is 4.21 Å². The molecule has 1 unspecified atom stereocenters. The fourth-order valence-corrected chi connectivity index (χ4v) is 1.41. The molecular weight excluding hydrogens is 122 g/mol. The van der Waals surface area contributed by atoms with Crippen molar-refractivity contribution in [2.24, 2.45) is 4.40 Å². The van der Waals surface area contributed by atoms with Crippen molar-refractivity contribution in [1.82, 2.24) is 0 Å². The highest BCUT2D eigenvalue weighted by Crippen LogP contribution is 2.08. The molecule has 3 heteroatoms. The third-order valence-electron chi connectivity index (χ3n) is 1.08. The van der Waals surface area contributed by atoms with Crippen LogP contribution in [0.1, 0.15) is 13.8 Å². The Morgan fingerprint density at radius 3 is 2.38 bits per heavy atom. The summed E-state index contributed by atoms with van der Waals surface area (Å²) in [6, 6.07) is 0. The van der Waals surface area contributed by atoms with E-state index in [9.17, 15) is 4.21 Å². The van der Waals surface area contributed by atoms with Crippen LogP contribution in [0.4, 0.5) is 0 Å². The monoisotopic (exact) mass is 129 g/mol. The first kappa shape index (κ1) is 5.69. The molecule has 0 saturated carbocycles. The highest BCUT2D eigenvalue weighted by atomic mass is 32.2. The van der Waals surface area contributed by atoms with Crippen LogP contribution < -0.4 is 0 Å². The van der Waals surface area contributed by atoms with Crippen molar-refractivity contribution in [3.63, 3.8) is 0 Å². The van der Waals surface area contributed by atoms with E-state index in [0.717, 1.165) is 11.3 Å². The van der Waals surface area contributed by atoms with Crippen LogP contribution in [-0.4, -0.2) is 9.92 Å². The number of rotatable bonds is 0. The quantitative estimate of drug-likeness (QED) is 0.480. The molecule has 0 aliphatic carbocycles. The third kappa shape index (κ3) is 0.865. The van der Waals surface area contributed by atoms with Crippen LogP contribution >= 0.6 is 0 Å². The van der Waals surface area contributed by atoms with E-state index in [2.05, 4.69) is 4.40 Å². The van der Waals surface area contributed by atoms with Gasteiger partial charge in [0.15, 0.2) is 11.0 Å². The minimum Gasteiger partial charge on any atom is -0.230 e. The lowest BCUT2D eigenvalue weighted by atomic mass is 10.2. The van der Waals surface area contributed by atoms with E-state index in [-0.39, 0.29) is 0 Å². The molecular formula is C5H7NOS. The Morgan fingerprint density at radius 1 is 1.62 bits per heavy atom. The first-order valence-corrected chi connectivity index (χ1v) is 3.52. The van der Waals surface area contributed by atoms with Gasteiger partial charge in [0.1, 0.15) is 0 Å². The van der Waals surface area contributed by atoms with Gasteiger partial charge in [-0.05, 0) is 19.4 Å². The van der Waals surface area contributed by atoms with E-state index >= 15 is 0 Å². The zero-order valence-electron chi connectivity index (χ0n) is 4.84. The van der Waals surface area contributed by atoms with Gasteiger partial charge in [-0.25, -0.2) is 4.21 Å². The predicted molar refractivity (Wildman–Crippen MR) is 35.0 cm³/mol. The van der Waals surface area contributed by atoms with E-state index < -0.39 is 11.0 Å². The van der Waals surface area contributed by atoms with Gasteiger partial charge in [-0.1, -0.05) is 0 Å². The summed E-state index contributed by atoms with van der Waals surface area (Å²) in [5.41, 5.74) is 1.92. The second-order valence-corrected chi connectivity index (χ2v) is 2.72. The summed E-state index contributed by atoms with van der Waals surface area (Å²) in [7, 11) is -1.06. The Kier molecular flexibility index (Phi) is 1.29. The lowest BCUT2D eigenvalue weighted by molar-refractivity contribution is 0.690. The number of nitrogens with zero attached hydrogens (tertiary/aromatic N) is 1. The summed E-state index contributed by atoms with van der Waals surface area (Å²) in [5.74, 6) is 0. The third-order valence-corrected chi connectivity index (χ3v) is 2.08. The van der Waals surface area contributed by atoms with E-state index in [0.29, 0.717) is 0 Å². The molecule has 0 fully saturated rings. The zero-order chi connectivity index (χ0) is 6.15. The predicted octanol–water partition coefficient (Wildman–Crippen LogP) is 1.03. The Hall–Kier alpha value is -0.440. The molecule has 1 aliphatic heterocycles. The minimum absolute atomic E-state index is 0.892. The second kappa shape index (κ2) is 1.82. The van der Waals surface area contributed by atoms with E-state index in [1.165, 1.54) is 0 Å². The van der Waals surface area contributed by atoms with Crippen LogP contribution in [-0.2, 0) is 11.0 Å². The van der Waals surface area contributed by atoms with Crippen LogP contribution in [0.25, 0.3) is 0 Å². The van der Waals surface area contributed by atoms with Gasteiger partial charge in [-0.2, -0.15) is 4.40 Å². The van der Waals surface area contributed by atoms with Crippen molar-refractivity contribution in [1.29, 1.82) is 0 Å². The average Bonchev–Trinajstić information content (AvgIpc) is 1.85. The molecule has 1 rings (SSSR count). The maximum Gasteiger partial charge on any atom is 0.165 e. The topological polar surface area (TPSA) is 29.4 Å². The Bertz CT molecular complexity index is 173. The van der Waals surface area contributed by atoms with Gasteiger partial charge < -0.3 is 0 Å². The molecule has 2 nitrogen and oxygen atoms in total. The Morgan fingerprint density at radius 2 is 2.25 bits per heavy atom. The first-order chi connectivity index (χ1) is 3.70. The van der Waals surface area contributed by atoms with E-state index in [1.807, 2.05) is 13.8 Å². The standard InChI is InChI=1S/C5H7NOS/c1-4-3-8(7)6-5(4)2/h3H,1-2H3. The van der Waals surface area contributed by atoms with Crippen molar-refractivity contribution >= 4 is 16.7 Å². The number of allylic oxidation sites excluding steroid dienone is 1. The summed E-state index contributed by atoms with van der Waals surface area (Å²) >= 11 is 0. The number of hydrogen-bond acceptors (Lipinski definition) is 1. The van der Waals surface area contributed by atoms with Crippen LogP contribution in [0.15, 0.2) is 15.4 Å². The molecule has 0 bridgehead atoms. The van der Waals surface area contributed by atoms with Gasteiger partial charge in [-0.15, -0.1) is 0 Å². The van der Waals surface area contributed by atoms with Crippen LogP contribution in [0.2, 0.25) is 0 Å². The van der Waals surface area contributed by atoms with Crippen LogP contribution in [0.3, 0.4) is 0 Å². The Labute approximate surface area is 50.9 Å². The van der Waals surface area contributed by atoms with Crippen LogP contribution in [0.5, 0.6) is 0 Å². The van der Waals surface area contributed by atoms with Gasteiger partial charge in [0, 0.05) is 5.41 Å². The van der Waals surface area contributed by atoms with Crippen LogP contribution in [0, 0.1) is 0 Å². The first-order valence-electron chi connectivity index (χ1n) is 2.35. The van der Waals surface area contributed by atoms with Crippen molar-refractivity contribution in [3.05, 3.63) is 11.0 Å². The molecule has 0 amide bonds. The highest BCUT2D eigenvalue weighted by Gasteiger charge is 2.05. The summed E-state index contributed by atoms with van der Waals surface area (Å²) in [6.45, 7) is 3.76. The average molecular weight is 129 g/mol. The van der Waals surface area contributed by atoms with Gasteiger partial charge in [0.2, 0.25) is 0 Å². The molecule has 0 aromatic rings. The van der Waals surface area contributed by atoms with Gasteiger partial charge in [0.25, 0.3) is 0 Å². The fourth-order valence-electron chi connectivity index (χ4n) is 0.470. The van der Waals surface area contributed by atoms with Gasteiger partial charge in [-0.3, -0.25) is 0 Å². The summed E-state index contributed by atoms with van der Waals surface area (Å²) in [6.07, 6.45) is 0. The summed E-state index contributed by atoms with van der Waals surface area (Å²) in [4.78, 5) is 0. The molecule has 0 aromatic carbocycles. The smallest absolute Gasteiger partial charge is 0.165 e. The highest BCUT2D eigenvalue weighted by molar-refractivity contribution is 7.87. The number of hydrogen-bond donors (Lipinski definition) is 0. The second-order valence-electron chi connectivity index (χ2n) is 1.75. The Balaban J connectivity index is 2.98. The van der Waals surface area contributed by atoms with Crippen molar-refractivity contribution in [2.45, 2.75) is 13.8 Å². The normalized spacial score (nSPS) is 27.5. The zero-order valence-corrected chi connectivity index (χ0v) is 5.66. The largest absolute Gasteiger partial charge is 0.230 e. The van der Waals surface area contributed by atoms with E-state index in [4.69, 9.17) is 0 Å². The molecule has 0 radical (unpaired) electrons. The van der Waals surface area contributed by atoms with Gasteiger partial charge in [0.05, 0.1) is 5.71 Å². The molecule has 1 aliphatic rings. The molecule has 1 heterocycles. The lowest BCUT2D eigenvalue weighted by Gasteiger charge is -1.83. The fraction of sp³-hybridized carbons (Fsp3) is 0.400.